The molecule has 0 radical (unpaired) electrons. The predicted octanol–water partition coefficient (Wildman–Crippen LogP) is 3.19. The maximum atomic E-state index is 9.21. The summed E-state index contributed by atoms with van der Waals surface area (Å²) in [6.45, 7) is 0.416. The molecule has 0 saturated carbocycles. The maximum Gasteiger partial charge on any atom is 0.140 e. The second-order valence-electron chi connectivity index (χ2n) is 2.85. The fourth-order valence-corrected chi connectivity index (χ4v) is 2.25. The average molecular weight is 286 g/mol. The summed E-state index contributed by atoms with van der Waals surface area (Å²) in [5, 5.41) is 12.0. The summed E-state index contributed by atoms with van der Waals surface area (Å²) in [4.78, 5) is 4.20. The first-order valence-corrected chi connectivity index (χ1v) is 5.93. The molecule has 78 valence electrons. The Labute approximate surface area is 99.5 Å². The molecule has 0 fully saturated rings. The van der Waals surface area contributed by atoms with E-state index in [4.69, 9.17) is 4.74 Å². The topological polar surface area (TPSA) is 42.4 Å². The Hall–Kier alpha value is -1.07. The van der Waals surface area contributed by atoms with Crippen LogP contribution in [0.1, 0.15) is 5.01 Å². The second kappa shape index (κ2) is 4.63. The summed E-state index contributed by atoms with van der Waals surface area (Å²) in [7, 11) is 0. The number of hydrogen-bond donors (Lipinski definition) is 1. The van der Waals surface area contributed by atoms with Gasteiger partial charge in [0.25, 0.3) is 0 Å². The van der Waals surface area contributed by atoms with Crippen LogP contribution in [0.2, 0.25) is 0 Å². The number of phenolic OH excluding ortho intramolecular Hbond substituents is 1. The van der Waals surface area contributed by atoms with E-state index in [2.05, 4.69) is 20.9 Å². The van der Waals surface area contributed by atoms with Crippen LogP contribution in [-0.2, 0) is 6.61 Å². The molecule has 0 saturated heterocycles. The predicted molar refractivity (Wildman–Crippen MR) is 62.3 cm³/mol. The van der Waals surface area contributed by atoms with E-state index < -0.39 is 0 Å². The third kappa shape index (κ3) is 2.94. The van der Waals surface area contributed by atoms with E-state index in [0.717, 1.165) is 9.61 Å². The molecule has 0 amide bonds. The summed E-state index contributed by atoms with van der Waals surface area (Å²) in [5.74, 6) is 0.842. The molecule has 5 heteroatoms. The number of aromatic nitrogens is 1. The smallest absolute Gasteiger partial charge is 0.140 e. The third-order valence-corrected chi connectivity index (χ3v) is 3.24. The fourth-order valence-electron chi connectivity index (χ4n) is 1.07. The summed E-state index contributed by atoms with van der Waals surface area (Å²) >= 11 is 4.80. The van der Waals surface area contributed by atoms with Crippen molar-refractivity contribution in [3.63, 3.8) is 0 Å². The summed E-state index contributed by atoms with van der Waals surface area (Å²) < 4.78 is 6.27. The van der Waals surface area contributed by atoms with Crippen LogP contribution in [0, 0.1) is 0 Å². The molecule has 1 N–H and O–H groups in total. The molecule has 1 aromatic carbocycles. The van der Waals surface area contributed by atoms with Gasteiger partial charge in [-0.25, -0.2) is 4.98 Å². The van der Waals surface area contributed by atoms with Gasteiger partial charge in [-0.15, -0.1) is 11.3 Å². The van der Waals surface area contributed by atoms with Crippen molar-refractivity contribution in [3.05, 3.63) is 39.3 Å². The third-order valence-electron chi connectivity index (χ3n) is 1.70. The van der Waals surface area contributed by atoms with Gasteiger partial charge >= 0.3 is 0 Å². The Morgan fingerprint density at radius 3 is 3.00 bits per heavy atom. The standard InChI is InChI=1S/C10H8BrNO2S/c11-9-6-15-10(12-9)5-14-8-3-1-2-7(13)4-8/h1-4,6,13H,5H2. The Balaban J connectivity index is 1.99. The molecule has 0 aliphatic carbocycles. The highest BCUT2D eigenvalue weighted by Gasteiger charge is 2.01. The molecule has 2 aromatic rings. The molecular formula is C10H8BrNO2S. The molecule has 15 heavy (non-hydrogen) atoms. The van der Waals surface area contributed by atoms with Crippen molar-refractivity contribution in [2.24, 2.45) is 0 Å². The quantitative estimate of drug-likeness (QED) is 0.942. The monoisotopic (exact) mass is 285 g/mol. The molecule has 1 heterocycles. The molecular weight excluding hydrogens is 278 g/mol. The van der Waals surface area contributed by atoms with Gasteiger partial charge in [0.1, 0.15) is 27.7 Å². The van der Waals surface area contributed by atoms with Gasteiger partial charge in [0.05, 0.1) is 0 Å². The van der Waals surface area contributed by atoms with E-state index in [9.17, 15) is 5.11 Å². The SMILES string of the molecule is Oc1cccc(OCc2nc(Br)cs2)c1. The van der Waals surface area contributed by atoms with Crippen LogP contribution in [-0.4, -0.2) is 10.1 Å². The molecule has 3 nitrogen and oxygen atoms in total. The lowest BCUT2D eigenvalue weighted by molar-refractivity contribution is 0.303. The van der Waals surface area contributed by atoms with E-state index in [1.165, 1.54) is 11.3 Å². The van der Waals surface area contributed by atoms with Crippen molar-refractivity contribution in [3.8, 4) is 11.5 Å². The number of rotatable bonds is 3. The summed E-state index contributed by atoms with van der Waals surface area (Å²) in [5.41, 5.74) is 0. The van der Waals surface area contributed by atoms with Crippen molar-refractivity contribution in [1.82, 2.24) is 4.98 Å². The van der Waals surface area contributed by atoms with Crippen LogP contribution in [0.3, 0.4) is 0 Å². The van der Waals surface area contributed by atoms with E-state index in [0.29, 0.717) is 12.4 Å². The minimum absolute atomic E-state index is 0.202. The lowest BCUT2D eigenvalue weighted by Gasteiger charge is -2.03. The zero-order valence-corrected chi connectivity index (χ0v) is 10.1. The molecule has 1 aromatic heterocycles. The van der Waals surface area contributed by atoms with Gasteiger partial charge in [-0.3, -0.25) is 0 Å². The van der Waals surface area contributed by atoms with Crippen LogP contribution in [0.5, 0.6) is 11.5 Å². The molecule has 0 spiro atoms. The number of halogens is 1. The van der Waals surface area contributed by atoms with Gasteiger partial charge in [0.15, 0.2) is 0 Å². The number of ether oxygens (including phenoxy) is 1. The maximum absolute atomic E-state index is 9.21. The zero-order valence-electron chi connectivity index (χ0n) is 7.68. The van der Waals surface area contributed by atoms with Crippen LogP contribution in [0.4, 0.5) is 0 Å². The summed E-state index contributed by atoms with van der Waals surface area (Å²) in [6, 6.07) is 6.71. The second-order valence-corrected chi connectivity index (χ2v) is 4.61. The molecule has 0 unspecified atom stereocenters. The van der Waals surface area contributed by atoms with Crippen molar-refractivity contribution >= 4 is 27.3 Å². The zero-order chi connectivity index (χ0) is 10.7. The Bertz CT molecular complexity index is 458. The minimum atomic E-state index is 0.202. The normalized spacial score (nSPS) is 10.2. The van der Waals surface area contributed by atoms with Gasteiger partial charge in [-0.1, -0.05) is 6.07 Å². The highest BCUT2D eigenvalue weighted by molar-refractivity contribution is 9.10. The molecule has 2 rings (SSSR count). The first-order chi connectivity index (χ1) is 7.24. The van der Waals surface area contributed by atoms with Crippen molar-refractivity contribution in [2.45, 2.75) is 6.61 Å². The number of nitrogens with zero attached hydrogens (tertiary/aromatic N) is 1. The van der Waals surface area contributed by atoms with E-state index >= 15 is 0 Å². The first-order valence-electron chi connectivity index (χ1n) is 4.26. The molecule has 0 atom stereocenters. The largest absolute Gasteiger partial charge is 0.508 e. The van der Waals surface area contributed by atoms with Gasteiger partial charge in [-0.05, 0) is 28.1 Å². The van der Waals surface area contributed by atoms with E-state index in [-0.39, 0.29) is 5.75 Å². The number of thiazole rings is 1. The Morgan fingerprint density at radius 2 is 2.33 bits per heavy atom. The van der Waals surface area contributed by atoms with Gasteiger partial charge in [0, 0.05) is 11.4 Å². The van der Waals surface area contributed by atoms with Crippen molar-refractivity contribution < 1.29 is 9.84 Å². The van der Waals surface area contributed by atoms with Gasteiger partial charge < -0.3 is 9.84 Å². The van der Waals surface area contributed by atoms with Crippen LogP contribution < -0.4 is 4.74 Å². The van der Waals surface area contributed by atoms with Crippen molar-refractivity contribution in [1.29, 1.82) is 0 Å². The summed E-state index contributed by atoms with van der Waals surface area (Å²) in [6.07, 6.45) is 0. The molecule has 0 bridgehead atoms. The van der Waals surface area contributed by atoms with E-state index in [1.807, 2.05) is 5.38 Å². The van der Waals surface area contributed by atoms with Crippen LogP contribution >= 0.6 is 27.3 Å². The fraction of sp³-hybridized carbons (Fsp3) is 0.100. The van der Waals surface area contributed by atoms with Crippen LogP contribution in [0.15, 0.2) is 34.2 Å². The Morgan fingerprint density at radius 1 is 1.47 bits per heavy atom. The molecule has 0 aliphatic rings. The first kappa shape index (κ1) is 10.4. The average Bonchev–Trinajstić information content (AvgIpc) is 2.62. The molecule has 0 aliphatic heterocycles. The minimum Gasteiger partial charge on any atom is -0.508 e. The number of aromatic hydroxyl groups is 1. The highest BCUT2D eigenvalue weighted by Crippen LogP contribution is 2.20. The Kier molecular flexibility index (Phi) is 3.23. The van der Waals surface area contributed by atoms with Crippen LogP contribution in [0.25, 0.3) is 0 Å². The van der Waals surface area contributed by atoms with Gasteiger partial charge in [-0.2, -0.15) is 0 Å². The number of benzene rings is 1. The van der Waals surface area contributed by atoms with Crippen molar-refractivity contribution in [2.75, 3.05) is 0 Å². The lowest BCUT2D eigenvalue weighted by Crippen LogP contribution is -1.94. The van der Waals surface area contributed by atoms with Gasteiger partial charge in [0.2, 0.25) is 0 Å². The number of hydrogen-bond acceptors (Lipinski definition) is 4. The number of phenols is 1. The van der Waals surface area contributed by atoms with E-state index in [1.54, 1.807) is 24.3 Å². The highest BCUT2D eigenvalue weighted by atomic mass is 79.9. The lowest BCUT2D eigenvalue weighted by atomic mass is 10.3.